The number of piperidine rings is 1. The molecular formula is C37H44N4O3. The molecule has 3 aromatic rings. The summed E-state index contributed by atoms with van der Waals surface area (Å²) in [7, 11) is 0. The third-order valence-electron chi connectivity index (χ3n) is 9.94. The van der Waals surface area contributed by atoms with Crippen molar-refractivity contribution in [1.82, 2.24) is 20.4 Å². The molecule has 230 valence electrons. The lowest BCUT2D eigenvalue weighted by Crippen LogP contribution is -2.54. The Bertz CT molecular complexity index is 1310. The summed E-state index contributed by atoms with van der Waals surface area (Å²) < 4.78 is 0. The molecule has 3 aromatic carbocycles. The van der Waals surface area contributed by atoms with Crippen LogP contribution in [0.1, 0.15) is 61.6 Å². The van der Waals surface area contributed by atoms with Gasteiger partial charge in [0.05, 0.1) is 5.41 Å². The van der Waals surface area contributed by atoms with Crippen molar-refractivity contribution in [2.24, 2.45) is 5.92 Å². The van der Waals surface area contributed by atoms with Crippen LogP contribution < -0.4 is 10.6 Å². The molecule has 7 nitrogen and oxygen atoms in total. The lowest BCUT2D eigenvalue weighted by atomic mass is 9.67. The van der Waals surface area contributed by atoms with E-state index in [4.69, 9.17) is 0 Å². The zero-order valence-electron chi connectivity index (χ0n) is 25.5. The van der Waals surface area contributed by atoms with E-state index in [2.05, 4.69) is 47.0 Å². The molecule has 44 heavy (non-hydrogen) atoms. The smallest absolute Gasteiger partial charge is 0.246 e. The van der Waals surface area contributed by atoms with E-state index in [1.807, 2.05) is 54.6 Å². The number of likely N-dealkylation sites (tertiary alicyclic amines) is 2. The van der Waals surface area contributed by atoms with E-state index in [0.29, 0.717) is 38.4 Å². The minimum absolute atomic E-state index is 0.0384. The Labute approximate surface area is 261 Å². The fourth-order valence-corrected chi connectivity index (χ4v) is 7.57. The number of benzene rings is 3. The van der Waals surface area contributed by atoms with Crippen molar-refractivity contribution in [3.63, 3.8) is 0 Å². The van der Waals surface area contributed by atoms with Gasteiger partial charge in [0.1, 0.15) is 12.1 Å². The van der Waals surface area contributed by atoms with Crippen molar-refractivity contribution in [2.75, 3.05) is 32.7 Å². The van der Waals surface area contributed by atoms with Crippen LogP contribution >= 0.6 is 0 Å². The second-order valence-electron chi connectivity index (χ2n) is 12.6. The Balaban J connectivity index is 1.24. The maximum atomic E-state index is 14.5. The van der Waals surface area contributed by atoms with E-state index in [0.717, 1.165) is 55.5 Å². The highest BCUT2D eigenvalue weighted by Gasteiger charge is 2.45. The van der Waals surface area contributed by atoms with Crippen LogP contribution in [0.3, 0.4) is 0 Å². The molecule has 3 fully saturated rings. The van der Waals surface area contributed by atoms with Crippen LogP contribution in [0, 0.1) is 5.92 Å². The highest BCUT2D eigenvalue weighted by atomic mass is 16.2. The molecule has 6 rings (SSSR count). The molecule has 2 atom stereocenters. The zero-order chi connectivity index (χ0) is 30.4. The molecule has 3 amide bonds. The topological polar surface area (TPSA) is 81.8 Å². The molecule has 7 heteroatoms. The molecule has 0 aromatic heterocycles. The molecule has 3 saturated heterocycles. The minimum atomic E-state index is -0.720. The van der Waals surface area contributed by atoms with Crippen molar-refractivity contribution < 1.29 is 14.4 Å². The molecule has 0 saturated carbocycles. The van der Waals surface area contributed by atoms with Gasteiger partial charge in [0.25, 0.3) is 0 Å². The number of carbonyl (C=O) groups excluding carboxylic acids is 3. The van der Waals surface area contributed by atoms with E-state index >= 15 is 0 Å². The Morgan fingerprint density at radius 3 is 1.73 bits per heavy atom. The van der Waals surface area contributed by atoms with Crippen molar-refractivity contribution in [3.05, 3.63) is 108 Å². The predicted octanol–water partition coefficient (Wildman–Crippen LogP) is 4.51. The molecule has 2 N–H and O–H groups in total. The Hall–Kier alpha value is -3.97. The number of hydrogen-bond acceptors (Lipinski definition) is 4. The molecule has 0 bridgehead atoms. The maximum Gasteiger partial charge on any atom is 0.246 e. The Morgan fingerprint density at radius 2 is 1.18 bits per heavy atom. The van der Waals surface area contributed by atoms with Gasteiger partial charge in [-0.3, -0.25) is 14.4 Å². The Morgan fingerprint density at radius 1 is 0.682 bits per heavy atom. The van der Waals surface area contributed by atoms with Crippen LogP contribution in [0.5, 0.6) is 0 Å². The van der Waals surface area contributed by atoms with Gasteiger partial charge in [-0.1, -0.05) is 91.0 Å². The van der Waals surface area contributed by atoms with Crippen LogP contribution in [-0.4, -0.2) is 72.3 Å². The number of hydrogen-bond donors (Lipinski definition) is 2. The van der Waals surface area contributed by atoms with Gasteiger partial charge in [-0.15, -0.1) is 0 Å². The summed E-state index contributed by atoms with van der Waals surface area (Å²) in [5.41, 5.74) is 2.40. The summed E-state index contributed by atoms with van der Waals surface area (Å²) in [6.07, 6.45) is 5.19. The lowest BCUT2D eigenvalue weighted by Gasteiger charge is -2.38. The monoisotopic (exact) mass is 592 g/mol. The average Bonchev–Trinajstić information content (AvgIpc) is 3.79. The summed E-state index contributed by atoms with van der Waals surface area (Å²) in [4.78, 5) is 45.4. The van der Waals surface area contributed by atoms with E-state index in [1.54, 1.807) is 9.80 Å². The molecule has 3 heterocycles. The summed E-state index contributed by atoms with van der Waals surface area (Å²) >= 11 is 0. The van der Waals surface area contributed by atoms with Crippen LogP contribution in [0.25, 0.3) is 0 Å². The zero-order valence-corrected chi connectivity index (χ0v) is 25.5. The first-order valence-corrected chi connectivity index (χ1v) is 16.3. The minimum Gasteiger partial charge on any atom is -0.354 e. The van der Waals surface area contributed by atoms with Crippen LogP contribution in [0.4, 0.5) is 0 Å². The molecule has 0 spiro atoms. The van der Waals surface area contributed by atoms with Gasteiger partial charge in [0, 0.05) is 26.1 Å². The fraction of sp³-hybridized carbons (Fsp3) is 0.432. The van der Waals surface area contributed by atoms with Gasteiger partial charge >= 0.3 is 0 Å². The second kappa shape index (κ2) is 13.8. The molecular weight excluding hydrogens is 548 g/mol. The van der Waals surface area contributed by atoms with Gasteiger partial charge in [-0.2, -0.15) is 0 Å². The van der Waals surface area contributed by atoms with Crippen molar-refractivity contribution in [1.29, 1.82) is 0 Å². The van der Waals surface area contributed by atoms with Crippen LogP contribution in [0.2, 0.25) is 0 Å². The number of nitrogens with one attached hydrogen (secondary N) is 2. The summed E-state index contributed by atoms with van der Waals surface area (Å²) in [6, 6.07) is 29.7. The highest BCUT2D eigenvalue weighted by Crippen LogP contribution is 2.43. The third kappa shape index (κ3) is 6.16. The van der Waals surface area contributed by atoms with Crippen molar-refractivity contribution in [2.45, 2.75) is 62.4 Å². The van der Waals surface area contributed by atoms with Gasteiger partial charge in [-0.25, -0.2) is 0 Å². The second-order valence-corrected chi connectivity index (χ2v) is 12.6. The highest BCUT2D eigenvalue weighted by molar-refractivity contribution is 5.93. The van der Waals surface area contributed by atoms with E-state index < -0.39 is 17.5 Å². The number of carbonyl (C=O) groups is 3. The molecule has 0 aliphatic carbocycles. The maximum absolute atomic E-state index is 14.5. The molecule has 1 unspecified atom stereocenters. The van der Waals surface area contributed by atoms with Crippen molar-refractivity contribution >= 4 is 17.7 Å². The first-order chi connectivity index (χ1) is 21.6. The largest absolute Gasteiger partial charge is 0.354 e. The number of rotatable bonds is 9. The van der Waals surface area contributed by atoms with Crippen LogP contribution in [0.15, 0.2) is 91.0 Å². The third-order valence-corrected chi connectivity index (χ3v) is 9.94. The molecule has 3 aliphatic heterocycles. The molecule has 3 aliphatic rings. The quantitative estimate of drug-likeness (QED) is 0.359. The van der Waals surface area contributed by atoms with Crippen LogP contribution in [-0.2, 0) is 19.8 Å². The predicted molar refractivity (Wildman–Crippen MR) is 172 cm³/mol. The first kappa shape index (κ1) is 30.1. The summed E-state index contributed by atoms with van der Waals surface area (Å²) in [6.45, 7) is 3.74. The van der Waals surface area contributed by atoms with E-state index in [-0.39, 0.29) is 24.1 Å². The van der Waals surface area contributed by atoms with E-state index in [9.17, 15) is 14.4 Å². The fourth-order valence-electron chi connectivity index (χ4n) is 7.57. The summed E-state index contributed by atoms with van der Waals surface area (Å²) in [5, 5.41) is 6.52. The average molecular weight is 593 g/mol. The standard InChI is InChI=1S/C37H44N4O3/c42-34(26-37(29-12-4-1-5-13-29,30-14-6-2-7-15-30)31-16-8-3-9-17-31)40-24-11-19-33(40)36(44)41-25-10-18-32(41)35(43)39-27-28-20-22-38-23-21-28/h1-9,12-17,28,32-33,38H,10-11,18-27H2,(H,39,43)/t32?,33-/m0/s1. The van der Waals surface area contributed by atoms with E-state index in [1.165, 1.54) is 0 Å². The number of nitrogens with zero attached hydrogens (tertiary/aromatic N) is 2. The van der Waals surface area contributed by atoms with Gasteiger partial charge in [0.2, 0.25) is 17.7 Å². The first-order valence-electron chi connectivity index (χ1n) is 16.3. The normalized spacial score (nSPS) is 20.9. The van der Waals surface area contributed by atoms with Gasteiger partial charge in [0.15, 0.2) is 0 Å². The van der Waals surface area contributed by atoms with Gasteiger partial charge in [-0.05, 0) is 74.2 Å². The van der Waals surface area contributed by atoms with Gasteiger partial charge < -0.3 is 20.4 Å². The van der Waals surface area contributed by atoms with Crippen molar-refractivity contribution in [3.8, 4) is 0 Å². The Kier molecular flexibility index (Phi) is 9.41. The lowest BCUT2D eigenvalue weighted by molar-refractivity contribution is -0.146. The molecule has 0 radical (unpaired) electrons. The number of amides is 3. The summed E-state index contributed by atoms with van der Waals surface area (Å²) in [5.74, 6) is 0.304. The SMILES string of the molecule is O=C(NCC1CCNCC1)C1CCCN1C(=O)[C@@H]1CCCN1C(=O)CC(c1ccccc1)(c1ccccc1)c1ccccc1.